The molecule has 2 aromatic rings. The fraction of sp³-hybridized carbons (Fsp3) is 0.118. The van der Waals surface area contributed by atoms with E-state index in [1.54, 1.807) is 18.2 Å². The van der Waals surface area contributed by atoms with Crippen molar-refractivity contribution in [3.05, 3.63) is 59.4 Å². The molecule has 0 aromatic heterocycles. The Hall–Kier alpha value is -2.42. The zero-order valence-electron chi connectivity index (χ0n) is 10.7. The second kappa shape index (κ2) is 5.29. The molecule has 0 aliphatic carbocycles. The van der Waals surface area contributed by atoms with E-state index < -0.39 is 0 Å². The molecule has 0 N–H and O–H groups in total. The van der Waals surface area contributed by atoms with E-state index in [4.69, 9.17) is 4.74 Å². The summed E-state index contributed by atoms with van der Waals surface area (Å²) in [6.07, 6.45) is 4.29. The summed E-state index contributed by atoms with van der Waals surface area (Å²) in [7, 11) is 0. The minimum Gasteiger partial charge on any atom is -0.493 e. The smallest absolute Gasteiger partial charge is 0.229 e. The van der Waals surface area contributed by atoms with Crippen LogP contribution in [-0.4, -0.2) is 12.9 Å². The average Bonchev–Trinajstić information content (AvgIpc) is 2.69. The van der Waals surface area contributed by atoms with Crippen molar-refractivity contribution in [2.24, 2.45) is 0 Å². The summed E-state index contributed by atoms with van der Waals surface area (Å²) in [6, 6.07) is 12.0. The van der Waals surface area contributed by atoms with Gasteiger partial charge in [0, 0.05) is 17.6 Å². The van der Waals surface area contributed by atoms with Gasteiger partial charge in [0.15, 0.2) is 0 Å². The number of ether oxygens (including phenoxy) is 1. The zero-order chi connectivity index (χ0) is 13.9. The van der Waals surface area contributed by atoms with Gasteiger partial charge < -0.3 is 4.74 Å². The molecule has 1 radical (unpaired) electrons. The topological polar surface area (TPSA) is 26.3 Å². The first-order valence-corrected chi connectivity index (χ1v) is 6.38. The average molecular weight is 267 g/mol. The van der Waals surface area contributed by atoms with Crippen LogP contribution in [0.5, 0.6) is 5.75 Å². The van der Waals surface area contributed by atoms with Crippen LogP contribution in [0.1, 0.15) is 12.0 Å². The SMILES string of the molecule is O=[C]C1=Cc2cc(-c3ccc(F)cc3)ccc2OCC1. The van der Waals surface area contributed by atoms with E-state index in [2.05, 4.69) is 0 Å². The molecule has 1 aliphatic heterocycles. The van der Waals surface area contributed by atoms with E-state index in [-0.39, 0.29) is 5.82 Å². The summed E-state index contributed by atoms with van der Waals surface area (Å²) in [5, 5.41) is 0. The van der Waals surface area contributed by atoms with Crippen LogP contribution < -0.4 is 4.74 Å². The molecule has 0 bridgehead atoms. The van der Waals surface area contributed by atoms with Crippen molar-refractivity contribution in [3.63, 3.8) is 0 Å². The van der Waals surface area contributed by atoms with Crippen LogP contribution in [0.25, 0.3) is 17.2 Å². The van der Waals surface area contributed by atoms with Crippen LogP contribution in [0, 0.1) is 5.82 Å². The van der Waals surface area contributed by atoms with Gasteiger partial charge >= 0.3 is 0 Å². The fourth-order valence-corrected chi connectivity index (χ4v) is 2.23. The normalized spacial score (nSPS) is 13.8. The summed E-state index contributed by atoms with van der Waals surface area (Å²) < 4.78 is 18.6. The molecule has 0 amide bonds. The maximum atomic E-state index is 13.0. The summed E-state index contributed by atoms with van der Waals surface area (Å²) in [5.41, 5.74) is 3.32. The highest BCUT2D eigenvalue weighted by Crippen LogP contribution is 2.30. The lowest BCUT2D eigenvalue weighted by molar-refractivity contribution is 0.325. The van der Waals surface area contributed by atoms with E-state index in [1.807, 2.05) is 24.5 Å². The molecule has 99 valence electrons. The quantitative estimate of drug-likeness (QED) is 0.828. The van der Waals surface area contributed by atoms with Gasteiger partial charge in [0.2, 0.25) is 6.29 Å². The lowest BCUT2D eigenvalue weighted by Crippen LogP contribution is -1.97. The zero-order valence-corrected chi connectivity index (χ0v) is 10.7. The molecule has 2 nitrogen and oxygen atoms in total. The molecule has 0 spiro atoms. The van der Waals surface area contributed by atoms with Gasteiger partial charge in [-0.3, -0.25) is 4.79 Å². The van der Waals surface area contributed by atoms with Crippen LogP contribution in [0.2, 0.25) is 0 Å². The third-order valence-corrected chi connectivity index (χ3v) is 3.28. The third-order valence-electron chi connectivity index (χ3n) is 3.28. The van der Waals surface area contributed by atoms with Crippen molar-refractivity contribution in [1.29, 1.82) is 0 Å². The standard InChI is InChI=1S/C17H12FO2/c18-16-4-1-13(2-5-16)14-3-6-17-15(10-14)9-12(11-19)7-8-20-17/h1-6,9-10H,7-8H2. The Morgan fingerprint density at radius 3 is 2.55 bits per heavy atom. The molecule has 20 heavy (non-hydrogen) atoms. The highest BCUT2D eigenvalue weighted by molar-refractivity contribution is 5.84. The van der Waals surface area contributed by atoms with E-state index in [1.165, 1.54) is 12.1 Å². The van der Waals surface area contributed by atoms with Gasteiger partial charge in [0.1, 0.15) is 11.6 Å². The van der Waals surface area contributed by atoms with Crippen molar-refractivity contribution in [3.8, 4) is 16.9 Å². The minimum absolute atomic E-state index is 0.260. The number of halogens is 1. The van der Waals surface area contributed by atoms with Gasteiger partial charge in [-0.25, -0.2) is 4.39 Å². The first-order valence-electron chi connectivity index (χ1n) is 6.38. The van der Waals surface area contributed by atoms with Crippen LogP contribution in [0.15, 0.2) is 48.0 Å². The van der Waals surface area contributed by atoms with Gasteiger partial charge in [-0.1, -0.05) is 18.2 Å². The number of fused-ring (bicyclic) bond motifs is 1. The second-order valence-corrected chi connectivity index (χ2v) is 4.63. The Kier molecular flexibility index (Phi) is 3.33. The summed E-state index contributed by atoms with van der Waals surface area (Å²) in [5.74, 6) is 0.491. The Morgan fingerprint density at radius 2 is 1.80 bits per heavy atom. The maximum Gasteiger partial charge on any atom is 0.229 e. The summed E-state index contributed by atoms with van der Waals surface area (Å²) in [4.78, 5) is 10.8. The van der Waals surface area contributed by atoms with E-state index in [0.29, 0.717) is 18.6 Å². The first-order chi connectivity index (χ1) is 9.76. The fourth-order valence-electron chi connectivity index (χ4n) is 2.23. The van der Waals surface area contributed by atoms with Gasteiger partial charge in [-0.2, -0.15) is 0 Å². The second-order valence-electron chi connectivity index (χ2n) is 4.63. The molecule has 0 fully saturated rings. The van der Waals surface area contributed by atoms with Gasteiger partial charge in [-0.15, -0.1) is 0 Å². The largest absolute Gasteiger partial charge is 0.493 e. The van der Waals surface area contributed by atoms with Gasteiger partial charge in [0.25, 0.3) is 0 Å². The predicted octanol–water partition coefficient (Wildman–Crippen LogP) is 3.77. The summed E-state index contributed by atoms with van der Waals surface area (Å²) in [6.45, 7) is 0.476. The number of hydrogen-bond acceptors (Lipinski definition) is 2. The number of benzene rings is 2. The van der Waals surface area contributed by atoms with Crippen molar-refractivity contribution < 1.29 is 13.9 Å². The number of hydrogen-bond donors (Lipinski definition) is 0. The van der Waals surface area contributed by atoms with E-state index in [0.717, 1.165) is 22.4 Å². The third kappa shape index (κ3) is 2.48. The lowest BCUT2D eigenvalue weighted by atomic mass is 10.0. The molecular weight excluding hydrogens is 255 g/mol. The minimum atomic E-state index is -0.260. The molecule has 0 saturated heterocycles. The van der Waals surface area contributed by atoms with Gasteiger partial charge in [-0.05, 0) is 41.5 Å². The van der Waals surface area contributed by atoms with Crippen LogP contribution in [0.3, 0.4) is 0 Å². The van der Waals surface area contributed by atoms with Crippen molar-refractivity contribution in [2.75, 3.05) is 6.61 Å². The molecule has 0 atom stereocenters. The van der Waals surface area contributed by atoms with Gasteiger partial charge in [0.05, 0.1) is 6.61 Å². The monoisotopic (exact) mass is 267 g/mol. The molecular formula is C17H12FO2. The predicted molar refractivity (Wildman–Crippen MR) is 75.6 cm³/mol. The molecule has 0 unspecified atom stereocenters. The molecule has 3 rings (SSSR count). The van der Waals surface area contributed by atoms with E-state index in [9.17, 15) is 9.18 Å². The van der Waals surface area contributed by atoms with Crippen LogP contribution in [-0.2, 0) is 4.79 Å². The Morgan fingerprint density at radius 1 is 1.05 bits per heavy atom. The number of carbonyl (C=O) groups excluding carboxylic acids is 1. The molecule has 1 heterocycles. The van der Waals surface area contributed by atoms with Crippen molar-refractivity contribution >= 4 is 12.4 Å². The molecule has 2 aromatic carbocycles. The highest BCUT2D eigenvalue weighted by atomic mass is 19.1. The van der Waals surface area contributed by atoms with Crippen LogP contribution in [0.4, 0.5) is 4.39 Å². The molecule has 3 heteroatoms. The molecule has 0 saturated carbocycles. The van der Waals surface area contributed by atoms with Crippen molar-refractivity contribution in [1.82, 2.24) is 0 Å². The Bertz CT molecular complexity index is 672. The summed E-state index contributed by atoms with van der Waals surface area (Å²) >= 11 is 0. The highest BCUT2D eigenvalue weighted by Gasteiger charge is 2.11. The lowest BCUT2D eigenvalue weighted by Gasteiger charge is -2.08. The molecule has 1 aliphatic rings. The van der Waals surface area contributed by atoms with Crippen LogP contribution >= 0.6 is 0 Å². The maximum absolute atomic E-state index is 13.0. The number of rotatable bonds is 2. The van der Waals surface area contributed by atoms with Crippen molar-refractivity contribution in [2.45, 2.75) is 6.42 Å². The Balaban J connectivity index is 2.05. The van der Waals surface area contributed by atoms with E-state index >= 15 is 0 Å². The Labute approximate surface area is 116 Å². The first kappa shape index (κ1) is 12.6.